The van der Waals surface area contributed by atoms with E-state index in [1.54, 1.807) is 0 Å². The second-order valence-corrected chi connectivity index (χ2v) is 5.00. The van der Waals surface area contributed by atoms with Gasteiger partial charge in [0, 0.05) is 19.5 Å². The SMILES string of the molecule is CN1CCC(CCNCC(O)CCC(=O)O)C1. The number of carboxylic acids is 1. The van der Waals surface area contributed by atoms with Crippen LogP contribution in [0.25, 0.3) is 0 Å². The average Bonchev–Trinajstić information content (AvgIpc) is 2.68. The second kappa shape index (κ2) is 7.63. The van der Waals surface area contributed by atoms with Crippen molar-refractivity contribution >= 4 is 5.97 Å². The third-order valence-corrected chi connectivity index (χ3v) is 3.29. The first-order chi connectivity index (χ1) is 8.08. The van der Waals surface area contributed by atoms with Gasteiger partial charge in [0.05, 0.1) is 6.10 Å². The van der Waals surface area contributed by atoms with E-state index in [-0.39, 0.29) is 6.42 Å². The Bertz CT molecular complexity index is 236. The van der Waals surface area contributed by atoms with E-state index in [2.05, 4.69) is 17.3 Å². The minimum absolute atomic E-state index is 0.0380. The second-order valence-electron chi connectivity index (χ2n) is 5.00. The van der Waals surface area contributed by atoms with E-state index in [4.69, 9.17) is 5.11 Å². The summed E-state index contributed by atoms with van der Waals surface area (Å²) in [5.74, 6) is -0.0818. The van der Waals surface area contributed by atoms with Crippen LogP contribution in [-0.4, -0.2) is 60.4 Å². The largest absolute Gasteiger partial charge is 0.481 e. The fourth-order valence-electron chi connectivity index (χ4n) is 2.23. The molecule has 2 atom stereocenters. The van der Waals surface area contributed by atoms with Crippen LogP contribution in [0.2, 0.25) is 0 Å². The maximum Gasteiger partial charge on any atom is 0.303 e. The van der Waals surface area contributed by atoms with Gasteiger partial charge in [-0.2, -0.15) is 0 Å². The summed E-state index contributed by atoms with van der Waals surface area (Å²) in [4.78, 5) is 12.6. The van der Waals surface area contributed by atoms with Gasteiger partial charge in [-0.1, -0.05) is 0 Å². The Hall–Kier alpha value is -0.650. The first kappa shape index (κ1) is 14.4. The van der Waals surface area contributed by atoms with Gasteiger partial charge in [-0.25, -0.2) is 0 Å². The molecule has 1 aliphatic rings. The molecule has 3 N–H and O–H groups in total. The third-order valence-electron chi connectivity index (χ3n) is 3.29. The van der Waals surface area contributed by atoms with Crippen molar-refractivity contribution in [3.63, 3.8) is 0 Å². The number of carbonyl (C=O) groups is 1. The van der Waals surface area contributed by atoms with Crippen molar-refractivity contribution in [2.24, 2.45) is 5.92 Å². The molecule has 17 heavy (non-hydrogen) atoms. The Morgan fingerprint density at radius 1 is 1.59 bits per heavy atom. The number of hydrogen-bond donors (Lipinski definition) is 3. The highest BCUT2D eigenvalue weighted by atomic mass is 16.4. The lowest BCUT2D eigenvalue weighted by molar-refractivity contribution is -0.137. The van der Waals surface area contributed by atoms with Crippen molar-refractivity contribution in [2.45, 2.75) is 31.8 Å². The minimum Gasteiger partial charge on any atom is -0.481 e. The normalized spacial score (nSPS) is 22.8. The van der Waals surface area contributed by atoms with E-state index in [0.29, 0.717) is 13.0 Å². The number of rotatable bonds is 8. The molecule has 1 fully saturated rings. The van der Waals surface area contributed by atoms with Gasteiger partial charge in [0.25, 0.3) is 0 Å². The van der Waals surface area contributed by atoms with Gasteiger partial charge in [0.15, 0.2) is 0 Å². The van der Waals surface area contributed by atoms with Crippen molar-refractivity contribution in [1.82, 2.24) is 10.2 Å². The Kier molecular flexibility index (Phi) is 6.47. The molecule has 1 saturated heterocycles. The summed E-state index contributed by atoms with van der Waals surface area (Å²) in [5.41, 5.74) is 0. The summed E-state index contributed by atoms with van der Waals surface area (Å²) in [7, 11) is 2.14. The zero-order chi connectivity index (χ0) is 12.7. The van der Waals surface area contributed by atoms with Crippen LogP contribution in [0, 0.1) is 5.92 Å². The molecule has 1 heterocycles. The maximum absolute atomic E-state index is 10.3. The summed E-state index contributed by atoms with van der Waals surface area (Å²) in [5, 5.41) is 21.2. The van der Waals surface area contributed by atoms with E-state index in [9.17, 15) is 9.90 Å². The lowest BCUT2D eigenvalue weighted by atomic mass is 10.1. The zero-order valence-corrected chi connectivity index (χ0v) is 10.6. The fraction of sp³-hybridized carbons (Fsp3) is 0.917. The molecule has 1 rings (SSSR count). The Labute approximate surface area is 103 Å². The number of hydrogen-bond acceptors (Lipinski definition) is 4. The molecule has 2 unspecified atom stereocenters. The van der Waals surface area contributed by atoms with Gasteiger partial charge in [-0.05, 0) is 45.3 Å². The lowest BCUT2D eigenvalue weighted by Crippen LogP contribution is -2.29. The van der Waals surface area contributed by atoms with Crippen LogP contribution < -0.4 is 5.32 Å². The molecule has 0 aliphatic carbocycles. The molecule has 0 aromatic rings. The number of aliphatic hydroxyl groups is 1. The van der Waals surface area contributed by atoms with Crippen LogP contribution in [0.4, 0.5) is 0 Å². The van der Waals surface area contributed by atoms with Crippen LogP contribution in [0.1, 0.15) is 25.7 Å². The van der Waals surface area contributed by atoms with Gasteiger partial charge >= 0.3 is 5.97 Å². The van der Waals surface area contributed by atoms with Crippen molar-refractivity contribution in [1.29, 1.82) is 0 Å². The number of carboxylic acid groups (broad SMARTS) is 1. The smallest absolute Gasteiger partial charge is 0.303 e. The molecule has 5 heteroatoms. The third kappa shape index (κ3) is 6.61. The minimum atomic E-state index is -0.849. The first-order valence-electron chi connectivity index (χ1n) is 6.37. The summed E-state index contributed by atoms with van der Waals surface area (Å²) in [6, 6.07) is 0. The molecule has 0 amide bonds. The van der Waals surface area contributed by atoms with Gasteiger partial charge in [-0.3, -0.25) is 4.79 Å². The Balaban J connectivity index is 1.94. The maximum atomic E-state index is 10.3. The van der Waals surface area contributed by atoms with Crippen LogP contribution in [0.15, 0.2) is 0 Å². The van der Waals surface area contributed by atoms with Crippen LogP contribution >= 0.6 is 0 Å². The van der Waals surface area contributed by atoms with E-state index in [0.717, 1.165) is 18.9 Å². The average molecular weight is 244 g/mol. The van der Waals surface area contributed by atoms with Crippen LogP contribution in [0.5, 0.6) is 0 Å². The molecule has 1 aliphatic heterocycles. The molecule has 0 radical (unpaired) electrons. The van der Waals surface area contributed by atoms with E-state index in [1.165, 1.54) is 19.5 Å². The molecule has 0 aromatic carbocycles. The van der Waals surface area contributed by atoms with Gasteiger partial charge in [0.2, 0.25) is 0 Å². The van der Waals surface area contributed by atoms with Crippen LogP contribution in [0.3, 0.4) is 0 Å². The molecule has 0 spiro atoms. The predicted molar refractivity (Wildman–Crippen MR) is 66.0 cm³/mol. The summed E-state index contributed by atoms with van der Waals surface area (Å²) < 4.78 is 0. The number of aliphatic carboxylic acids is 1. The molecule has 100 valence electrons. The van der Waals surface area contributed by atoms with Crippen molar-refractivity contribution < 1.29 is 15.0 Å². The van der Waals surface area contributed by atoms with Gasteiger partial charge < -0.3 is 20.4 Å². The number of likely N-dealkylation sites (tertiary alicyclic amines) is 1. The standard InChI is InChI=1S/C12H24N2O3/c1-14-7-5-10(9-14)4-6-13-8-11(15)2-3-12(16)17/h10-11,13,15H,2-9H2,1H3,(H,16,17). The van der Waals surface area contributed by atoms with Crippen LogP contribution in [-0.2, 0) is 4.79 Å². The molecule has 0 bridgehead atoms. The predicted octanol–water partition coefficient (Wildman–Crippen LogP) is 0.143. The Morgan fingerprint density at radius 3 is 2.94 bits per heavy atom. The number of nitrogens with one attached hydrogen (secondary N) is 1. The summed E-state index contributed by atoms with van der Waals surface area (Å²) in [6.45, 7) is 3.76. The molecular weight excluding hydrogens is 220 g/mol. The van der Waals surface area contributed by atoms with E-state index < -0.39 is 12.1 Å². The number of aliphatic hydroxyl groups excluding tert-OH is 1. The fourth-order valence-corrected chi connectivity index (χ4v) is 2.23. The highest BCUT2D eigenvalue weighted by molar-refractivity contribution is 5.66. The molecule has 5 nitrogen and oxygen atoms in total. The van der Waals surface area contributed by atoms with Gasteiger partial charge in [0.1, 0.15) is 0 Å². The summed E-state index contributed by atoms with van der Waals surface area (Å²) in [6.07, 6.45) is 2.22. The molecule has 0 saturated carbocycles. The quantitative estimate of drug-likeness (QED) is 0.530. The molecule has 0 aromatic heterocycles. The molecular formula is C12H24N2O3. The number of nitrogens with zero attached hydrogens (tertiary/aromatic N) is 1. The summed E-state index contributed by atoms with van der Waals surface area (Å²) >= 11 is 0. The first-order valence-corrected chi connectivity index (χ1v) is 6.37. The van der Waals surface area contributed by atoms with Crippen molar-refractivity contribution in [2.75, 3.05) is 33.2 Å². The topological polar surface area (TPSA) is 72.8 Å². The van der Waals surface area contributed by atoms with Gasteiger partial charge in [-0.15, -0.1) is 0 Å². The van der Waals surface area contributed by atoms with E-state index >= 15 is 0 Å². The zero-order valence-electron chi connectivity index (χ0n) is 10.6. The monoisotopic (exact) mass is 244 g/mol. The lowest BCUT2D eigenvalue weighted by Gasteiger charge is -2.13. The van der Waals surface area contributed by atoms with E-state index in [1.807, 2.05) is 0 Å². The Morgan fingerprint density at radius 2 is 2.35 bits per heavy atom. The highest BCUT2D eigenvalue weighted by Crippen LogP contribution is 2.16. The van der Waals surface area contributed by atoms with Crippen molar-refractivity contribution in [3.05, 3.63) is 0 Å². The highest BCUT2D eigenvalue weighted by Gasteiger charge is 2.18. The van der Waals surface area contributed by atoms with Crippen molar-refractivity contribution in [3.8, 4) is 0 Å².